The van der Waals surface area contributed by atoms with E-state index in [1.54, 1.807) is 22.7 Å². The molecular formula is C26H27N5O3S. The molecule has 180 valence electrons. The van der Waals surface area contributed by atoms with Crippen LogP contribution in [0.5, 0.6) is 5.75 Å². The number of para-hydroxylation sites is 1. The Labute approximate surface area is 207 Å². The third kappa shape index (κ3) is 4.69. The predicted octanol–water partition coefficient (Wildman–Crippen LogP) is 3.19. The van der Waals surface area contributed by atoms with Gasteiger partial charge in [0.1, 0.15) is 16.3 Å². The number of pyridine rings is 2. The van der Waals surface area contributed by atoms with Crippen LogP contribution in [0.3, 0.4) is 0 Å². The normalized spacial score (nSPS) is 13.9. The molecule has 0 saturated carbocycles. The molecule has 1 amide bonds. The molecule has 4 aromatic rings. The molecule has 1 aliphatic heterocycles. The smallest absolute Gasteiger partial charge is 0.259 e. The van der Waals surface area contributed by atoms with Gasteiger partial charge in [-0.05, 0) is 17.7 Å². The van der Waals surface area contributed by atoms with Crippen molar-refractivity contribution in [1.82, 2.24) is 24.3 Å². The molecule has 3 aromatic heterocycles. The van der Waals surface area contributed by atoms with E-state index in [-0.39, 0.29) is 11.5 Å². The van der Waals surface area contributed by atoms with Gasteiger partial charge >= 0.3 is 0 Å². The van der Waals surface area contributed by atoms with Crippen molar-refractivity contribution in [2.75, 3.05) is 27.2 Å². The van der Waals surface area contributed by atoms with Crippen LogP contribution in [0, 0.1) is 0 Å². The highest BCUT2D eigenvalue weighted by Crippen LogP contribution is 2.26. The maximum absolute atomic E-state index is 13.6. The third-order valence-corrected chi connectivity index (χ3v) is 7.22. The summed E-state index contributed by atoms with van der Waals surface area (Å²) in [7, 11) is 3.25. The monoisotopic (exact) mass is 489 g/mol. The highest BCUT2D eigenvalue weighted by Gasteiger charge is 2.27. The van der Waals surface area contributed by atoms with Crippen molar-refractivity contribution in [2.45, 2.75) is 26.1 Å². The minimum Gasteiger partial charge on any atom is -0.496 e. The predicted molar refractivity (Wildman–Crippen MR) is 136 cm³/mol. The van der Waals surface area contributed by atoms with Gasteiger partial charge < -0.3 is 14.2 Å². The first kappa shape index (κ1) is 23.2. The summed E-state index contributed by atoms with van der Waals surface area (Å²) in [4.78, 5) is 39.2. The van der Waals surface area contributed by atoms with Crippen LogP contribution in [-0.2, 0) is 26.1 Å². The molecule has 1 aliphatic rings. The summed E-state index contributed by atoms with van der Waals surface area (Å²) in [6.07, 6.45) is 4.14. The van der Waals surface area contributed by atoms with Gasteiger partial charge in [0.05, 0.1) is 19.2 Å². The molecule has 8 nitrogen and oxygen atoms in total. The molecule has 5 rings (SSSR count). The molecule has 0 radical (unpaired) electrons. The number of fused-ring (bicyclic) bond motifs is 2. The number of carbonyl (C=O) groups excluding carboxylic acids is 1. The lowest BCUT2D eigenvalue weighted by Gasteiger charge is -2.21. The van der Waals surface area contributed by atoms with Crippen LogP contribution in [0.25, 0.3) is 10.9 Å². The van der Waals surface area contributed by atoms with E-state index in [0.29, 0.717) is 37.4 Å². The number of hydrogen-bond acceptors (Lipinski definition) is 7. The van der Waals surface area contributed by atoms with E-state index in [4.69, 9.17) is 4.74 Å². The maximum Gasteiger partial charge on any atom is 0.259 e. The molecule has 0 unspecified atom stereocenters. The molecule has 0 aliphatic carbocycles. The number of methoxy groups -OCH3 is 1. The number of benzene rings is 1. The van der Waals surface area contributed by atoms with E-state index in [1.165, 1.54) is 30.1 Å². The molecule has 35 heavy (non-hydrogen) atoms. The van der Waals surface area contributed by atoms with E-state index in [1.807, 2.05) is 29.8 Å². The fraction of sp³-hybridized carbons (Fsp3) is 0.308. The van der Waals surface area contributed by atoms with Crippen LogP contribution in [0.2, 0.25) is 0 Å². The molecule has 0 atom stereocenters. The van der Waals surface area contributed by atoms with Gasteiger partial charge in [0.15, 0.2) is 0 Å². The van der Waals surface area contributed by atoms with E-state index in [0.717, 1.165) is 34.7 Å². The Hall–Kier alpha value is -3.56. The Bertz CT molecular complexity index is 1410. The van der Waals surface area contributed by atoms with Crippen molar-refractivity contribution in [1.29, 1.82) is 0 Å². The summed E-state index contributed by atoms with van der Waals surface area (Å²) >= 11 is 1.51. The summed E-state index contributed by atoms with van der Waals surface area (Å²) < 4.78 is 7.25. The Morgan fingerprint density at radius 2 is 2.00 bits per heavy atom. The van der Waals surface area contributed by atoms with Crippen molar-refractivity contribution >= 4 is 28.1 Å². The van der Waals surface area contributed by atoms with Crippen molar-refractivity contribution in [3.8, 4) is 5.75 Å². The maximum atomic E-state index is 13.6. The van der Waals surface area contributed by atoms with Crippen LogP contribution in [0.1, 0.15) is 26.6 Å². The Balaban J connectivity index is 1.43. The first-order chi connectivity index (χ1) is 17.0. The number of rotatable bonds is 6. The minimum absolute atomic E-state index is 0.146. The first-order valence-electron chi connectivity index (χ1n) is 11.5. The highest BCUT2D eigenvalue weighted by atomic mass is 32.1. The van der Waals surface area contributed by atoms with Gasteiger partial charge in [0.2, 0.25) is 0 Å². The minimum atomic E-state index is -0.172. The van der Waals surface area contributed by atoms with Crippen LogP contribution in [-0.4, -0.2) is 57.5 Å². The lowest BCUT2D eigenvalue weighted by molar-refractivity contribution is 0.0779. The lowest BCUT2D eigenvalue weighted by atomic mass is 10.1. The van der Waals surface area contributed by atoms with E-state index in [2.05, 4.69) is 27.0 Å². The van der Waals surface area contributed by atoms with Gasteiger partial charge in [-0.1, -0.05) is 18.2 Å². The van der Waals surface area contributed by atoms with Gasteiger partial charge in [-0.25, -0.2) is 4.98 Å². The van der Waals surface area contributed by atoms with Crippen molar-refractivity contribution in [3.05, 3.63) is 86.4 Å². The molecule has 1 aromatic carbocycles. The summed E-state index contributed by atoms with van der Waals surface area (Å²) in [5, 5.41) is 3.88. The zero-order valence-electron chi connectivity index (χ0n) is 19.8. The summed E-state index contributed by atoms with van der Waals surface area (Å²) in [5.74, 6) is 0.153. The first-order valence-corrected chi connectivity index (χ1v) is 12.4. The second-order valence-corrected chi connectivity index (χ2v) is 9.60. The molecule has 0 bridgehead atoms. The van der Waals surface area contributed by atoms with Crippen molar-refractivity contribution in [3.63, 3.8) is 0 Å². The Morgan fingerprint density at radius 1 is 1.14 bits per heavy atom. The van der Waals surface area contributed by atoms with Crippen molar-refractivity contribution < 1.29 is 9.53 Å². The molecule has 0 fully saturated rings. The van der Waals surface area contributed by atoms with Gasteiger partial charge in [0, 0.05) is 74.6 Å². The SMILES string of the molecule is COc1cc(=O)n2c(c1C(=O)N(C)Cc1nccs1)CCN(Cc1ccnc3ccccc13)CC2. The fourth-order valence-electron chi connectivity index (χ4n) is 4.67. The van der Waals surface area contributed by atoms with Gasteiger partial charge in [-0.3, -0.25) is 19.5 Å². The molecule has 9 heteroatoms. The number of aromatic nitrogens is 3. The number of thiazole rings is 1. The van der Waals surface area contributed by atoms with Gasteiger partial charge in [-0.2, -0.15) is 0 Å². The number of ether oxygens (including phenoxy) is 1. The van der Waals surface area contributed by atoms with E-state index >= 15 is 0 Å². The number of amides is 1. The lowest BCUT2D eigenvalue weighted by Crippen LogP contribution is -2.32. The average Bonchev–Trinajstić information content (AvgIpc) is 3.29. The third-order valence-electron chi connectivity index (χ3n) is 6.46. The summed E-state index contributed by atoms with van der Waals surface area (Å²) in [6.45, 7) is 3.09. The quantitative estimate of drug-likeness (QED) is 0.414. The van der Waals surface area contributed by atoms with Gasteiger partial charge in [-0.15, -0.1) is 11.3 Å². The zero-order valence-corrected chi connectivity index (χ0v) is 20.6. The summed E-state index contributed by atoms with van der Waals surface area (Å²) in [5.41, 5.74) is 3.22. The molecular weight excluding hydrogens is 462 g/mol. The molecule has 0 spiro atoms. The fourth-order valence-corrected chi connectivity index (χ4v) is 5.34. The zero-order chi connectivity index (χ0) is 24.4. The Morgan fingerprint density at radius 3 is 2.80 bits per heavy atom. The van der Waals surface area contributed by atoms with E-state index < -0.39 is 0 Å². The Kier molecular flexibility index (Phi) is 6.61. The standard InChI is InChI=1S/C26H27N5O3S/c1-29(17-23-28-10-14-35-23)26(33)25-21-8-11-30(12-13-31(21)24(32)15-22(25)34-2)16-18-7-9-27-20-6-4-3-5-19(18)20/h3-7,9-10,14-15H,8,11-13,16-17H2,1-2H3. The average molecular weight is 490 g/mol. The van der Waals surface area contributed by atoms with Gasteiger partial charge in [0.25, 0.3) is 11.5 Å². The number of nitrogens with zero attached hydrogens (tertiary/aromatic N) is 5. The number of carbonyl (C=O) groups is 1. The molecule has 0 saturated heterocycles. The van der Waals surface area contributed by atoms with Crippen LogP contribution in [0.4, 0.5) is 0 Å². The molecule has 4 heterocycles. The van der Waals surface area contributed by atoms with Crippen LogP contribution in [0.15, 0.2) is 59.0 Å². The largest absolute Gasteiger partial charge is 0.496 e. The van der Waals surface area contributed by atoms with Crippen LogP contribution < -0.4 is 10.3 Å². The second-order valence-electron chi connectivity index (χ2n) is 8.62. The molecule has 0 N–H and O–H groups in total. The van der Waals surface area contributed by atoms with Crippen molar-refractivity contribution in [2.24, 2.45) is 0 Å². The highest BCUT2D eigenvalue weighted by molar-refractivity contribution is 7.09. The topological polar surface area (TPSA) is 80.6 Å². The van der Waals surface area contributed by atoms with E-state index in [9.17, 15) is 9.59 Å². The second kappa shape index (κ2) is 9.97. The van der Waals surface area contributed by atoms with Crippen LogP contribution >= 0.6 is 11.3 Å². The summed E-state index contributed by atoms with van der Waals surface area (Å²) in [6, 6.07) is 11.6. The number of hydrogen-bond donors (Lipinski definition) is 0.